The van der Waals surface area contributed by atoms with Crippen molar-refractivity contribution in [2.24, 2.45) is 46.3 Å². The lowest BCUT2D eigenvalue weighted by Crippen LogP contribution is -2.54. The monoisotopic (exact) mass is 509 g/mol. The van der Waals surface area contributed by atoms with Crippen LogP contribution in [0.5, 0.6) is 0 Å². The molecule has 4 saturated carbocycles. The van der Waals surface area contributed by atoms with Crippen molar-refractivity contribution < 1.29 is 22.9 Å². The number of nitrogens with zero attached hydrogens (tertiary/aromatic N) is 1. The Hall–Kier alpha value is -0.660. The number of carbonyl (C=O) groups is 1. The third-order valence-electron chi connectivity index (χ3n) is 12.1. The van der Waals surface area contributed by atoms with Crippen molar-refractivity contribution in [1.29, 1.82) is 0 Å². The van der Waals surface area contributed by atoms with E-state index in [0.717, 1.165) is 37.0 Å². The molecule has 0 aromatic carbocycles. The van der Waals surface area contributed by atoms with Crippen molar-refractivity contribution in [2.75, 3.05) is 13.1 Å². The third kappa shape index (κ3) is 4.50. The molecule has 200 valence electrons. The first-order valence-corrected chi connectivity index (χ1v) is 15.9. The van der Waals surface area contributed by atoms with Crippen LogP contribution in [0.3, 0.4) is 0 Å². The topological polar surface area (TPSA) is 94.9 Å². The van der Waals surface area contributed by atoms with Gasteiger partial charge in [0.15, 0.2) is 0 Å². The highest BCUT2D eigenvalue weighted by molar-refractivity contribution is 7.86. The van der Waals surface area contributed by atoms with Crippen molar-refractivity contribution in [3.05, 3.63) is 0 Å². The zero-order valence-corrected chi connectivity index (χ0v) is 22.8. The van der Waals surface area contributed by atoms with Gasteiger partial charge in [-0.25, -0.2) is 0 Å². The minimum absolute atomic E-state index is 0.0390. The SMILES string of the molecule is C[C@H](CCC(=O)N1CC[C@@H](S(=O)(=O)O)C1)[C@H]1CC[C@H]2[C@@H]3CC[C@@H]4C[C@H](O)CC[C@]4(C)[C@H]3CC[C@]12C. The Bertz CT molecular complexity index is 922. The van der Waals surface area contributed by atoms with E-state index in [9.17, 15) is 22.9 Å². The van der Waals surface area contributed by atoms with E-state index >= 15 is 0 Å². The van der Waals surface area contributed by atoms with Gasteiger partial charge in [0.2, 0.25) is 5.91 Å². The Labute approximate surface area is 212 Å². The lowest BCUT2D eigenvalue weighted by atomic mass is 9.44. The van der Waals surface area contributed by atoms with E-state index in [4.69, 9.17) is 0 Å². The van der Waals surface area contributed by atoms with E-state index in [1.54, 1.807) is 4.90 Å². The molecule has 5 rings (SSSR count). The Morgan fingerprint density at radius 2 is 1.71 bits per heavy atom. The summed E-state index contributed by atoms with van der Waals surface area (Å²) in [4.78, 5) is 14.4. The lowest BCUT2D eigenvalue weighted by molar-refractivity contribution is -0.132. The Balaban J connectivity index is 1.20. The van der Waals surface area contributed by atoms with Crippen LogP contribution >= 0.6 is 0 Å². The average Bonchev–Trinajstić information content (AvgIpc) is 3.43. The summed E-state index contributed by atoms with van der Waals surface area (Å²) in [6.07, 6.45) is 12.6. The molecule has 5 fully saturated rings. The van der Waals surface area contributed by atoms with Gasteiger partial charge in [-0.15, -0.1) is 0 Å². The third-order valence-corrected chi connectivity index (χ3v) is 13.4. The molecule has 0 spiro atoms. The van der Waals surface area contributed by atoms with Crippen molar-refractivity contribution >= 4 is 16.0 Å². The highest BCUT2D eigenvalue weighted by atomic mass is 32.2. The van der Waals surface area contributed by atoms with E-state index in [1.165, 1.54) is 44.9 Å². The van der Waals surface area contributed by atoms with E-state index < -0.39 is 15.4 Å². The van der Waals surface area contributed by atoms with Gasteiger partial charge in [0.1, 0.15) is 5.25 Å². The summed E-state index contributed by atoms with van der Waals surface area (Å²) in [6.45, 7) is 8.01. The molecule has 5 aliphatic rings. The van der Waals surface area contributed by atoms with E-state index in [-0.39, 0.29) is 18.6 Å². The number of carbonyl (C=O) groups excluding carboxylic acids is 1. The maximum Gasteiger partial charge on any atom is 0.269 e. The molecule has 0 aromatic heterocycles. The molecule has 1 aliphatic heterocycles. The summed E-state index contributed by atoms with van der Waals surface area (Å²) in [6, 6.07) is 0. The maximum absolute atomic E-state index is 12.8. The Morgan fingerprint density at radius 3 is 2.43 bits per heavy atom. The fourth-order valence-corrected chi connectivity index (χ4v) is 10.9. The molecule has 7 heteroatoms. The number of likely N-dealkylation sites (tertiary alicyclic amines) is 1. The number of amides is 1. The smallest absolute Gasteiger partial charge is 0.269 e. The average molecular weight is 510 g/mol. The van der Waals surface area contributed by atoms with Gasteiger partial charge in [0, 0.05) is 19.5 Å². The van der Waals surface area contributed by atoms with Crippen LogP contribution in [0.2, 0.25) is 0 Å². The molecular weight excluding hydrogens is 462 g/mol. The fourth-order valence-electron chi connectivity index (χ4n) is 10.1. The van der Waals surface area contributed by atoms with Crippen LogP contribution in [0.15, 0.2) is 0 Å². The zero-order chi connectivity index (χ0) is 25.2. The second-order valence-corrected chi connectivity index (χ2v) is 15.3. The number of hydrogen-bond donors (Lipinski definition) is 2. The Morgan fingerprint density at radius 1 is 1.00 bits per heavy atom. The summed E-state index contributed by atoms with van der Waals surface area (Å²) in [5, 5.41) is 9.47. The Kier molecular flexibility index (Phi) is 6.88. The number of rotatable bonds is 5. The van der Waals surface area contributed by atoms with Gasteiger partial charge < -0.3 is 10.0 Å². The van der Waals surface area contributed by atoms with Crippen LogP contribution < -0.4 is 0 Å². The minimum Gasteiger partial charge on any atom is -0.393 e. The highest BCUT2D eigenvalue weighted by Crippen LogP contribution is 2.68. The van der Waals surface area contributed by atoms with Gasteiger partial charge in [-0.3, -0.25) is 9.35 Å². The lowest BCUT2D eigenvalue weighted by Gasteiger charge is -2.61. The normalized spacial score (nSPS) is 46.5. The molecule has 4 aliphatic carbocycles. The predicted molar refractivity (Wildman–Crippen MR) is 136 cm³/mol. The summed E-state index contributed by atoms with van der Waals surface area (Å²) >= 11 is 0. The van der Waals surface area contributed by atoms with Crippen molar-refractivity contribution in [3.63, 3.8) is 0 Å². The van der Waals surface area contributed by atoms with Crippen molar-refractivity contribution in [1.82, 2.24) is 4.90 Å². The molecule has 6 nitrogen and oxygen atoms in total. The number of fused-ring (bicyclic) bond motifs is 5. The number of hydrogen-bond acceptors (Lipinski definition) is 4. The van der Waals surface area contributed by atoms with Gasteiger partial charge in [-0.05, 0) is 117 Å². The summed E-state index contributed by atoms with van der Waals surface area (Å²) in [5.74, 6) is 4.32. The van der Waals surface area contributed by atoms with E-state index in [1.807, 2.05) is 0 Å². The maximum atomic E-state index is 12.8. The highest BCUT2D eigenvalue weighted by Gasteiger charge is 2.60. The molecule has 1 heterocycles. The van der Waals surface area contributed by atoms with E-state index in [2.05, 4.69) is 20.8 Å². The minimum atomic E-state index is -4.07. The molecule has 0 unspecified atom stereocenters. The van der Waals surface area contributed by atoms with Crippen LogP contribution in [0, 0.1) is 46.3 Å². The van der Waals surface area contributed by atoms with Gasteiger partial charge in [-0.1, -0.05) is 20.8 Å². The fraction of sp³-hybridized carbons (Fsp3) is 0.964. The van der Waals surface area contributed by atoms with Gasteiger partial charge in [0.05, 0.1) is 6.10 Å². The van der Waals surface area contributed by atoms with Crippen molar-refractivity contribution in [3.8, 4) is 0 Å². The van der Waals surface area contributed by atoms with Gasteiger partial charge >= 0.3 is 0 Å². The summed E-state index contributed by atoms with van der Waals surface area (Å²) in [5.41, 5.74) is 0.778. The number of aliphatic hydroxyl groups excluding tert-OH is 1. The molecule has 1 amide bonds. The standard InChI is InChI=1S/C28H47NO5S/c1-18(4-9-26(31)29-15-12-21(17-29)35(32,33)34)23-7-8-24-22-6-5-19-16-20(30)10-13-27(19,2)25(22)11-14-28(23,24)3/h18-25,30H,4-17H2,1-3H3,(H,32,33,34)/t18-,19-,20-,21-,22+,23-,24+,25+,27+,28-/m1/s1. The van der Waals surface area contributed by atoms with Crippen LogP contribution in [-0.2, 0) is 14.9 Å². The molecule has 0 radical (unpaired) electrons. The zero-order valence-electron chi connectivity index (χ0n) is 22.0. The first-order chi connectivity index (χ1) is 16.4. The van der Waals surface area contributed by atoms with Gasteiger partial charge in [0.25, 0.3) is 10.1 Å². The number of aliphatic hydroxyl groups is 1. The summed E-state index contributed by atoms with van der Waals surface area (Å²) < 4.78 is 32.2. The first kappa shape index (κ1) is 26.0. The molecule has 1 saturated heterocycles. The summed E-state index contributed by atoms with van der Waals surface area (Å²) in [7, 11) is -4.07. The molecular formula is C28H47NO5S. The van der Waals surface area contributed by atoms with Crippen LogP contribution in [0.25, 0.3) is 0 Å². The molecule has 35 heavy (non-hydrogen) atoms. The molecule has 2 N–H and O–H groups in total. The second-order valence-electron chi connectivity index (χ2n) is 13.6. The molecule has 0 aromatic rings. The molecule has 0 bridgehead atoms. The van der Waals surface area contributed by atoms with Crippen molar-refractivity contribution in [2.45, 2.75) is 109 Å². The largest absolute Gasteiger partial charge is 0.393 e. The second kappa shape index (κ2) is 9.27. The van der Waals surface area contributed by atoms with E-state index in [0.29, 0.717) is 48.0 Å². The van der Waals surface area contributed by atoms with Crippen LogP contribution in [0.1, 0.15) is 97.8 Å². The molecule has 10 atom stereocenters. The quantitative estimate of drug-likeness (QED) is 0.514. The van der Waals surface area contributed by atoms with Crippen LogP contribution in [0.4, 0.5) is 0 Å². The van der Waals surface area contributed by atoms with Gasteiger partial charge in [-0.2, -0.15) is 8.42 Å². The first-order valence-electron chi connectivity index (χ1n) is 14.4. The van der Waals surface area contributed by atoms with Crippen LogP contribution in [-0.4, -0.2) is 53.3 Å². The predicted octanol–water partition coefficient (Wildman–Crippen LogP) is 4.91.